The van der Waals surface area contributed by atoms with Crippen molar-refractivity contribution in [1.29, 1.82) is 0 Å². The van der Waals surface area contributed by atoms with Gasteiger partial charge in [0.15, 0.2) is 0 Å². The Morgan fingerprint density at radius 1 is 0.958 bits per heavy atom. The average molecular weight is 424 g/mol. The summed E-state index contributed by atoms with van der Waals surface area (Å²) in [6.45, 7) is 4.51. The van der Waals surface area contributed by atoms with Crippen molar-refractivity contribution in [2.24, 2.45) is 5.92 Å². The maximum Gasteiger partial charge on any atom is 0.147 e. The van der Waals surface area contributed by atoms with Gasteiger partial charge in [-0.05, 0) is 34.7 Å². The highest BCUT2D eigenvalue weighted by Gasteiger charge is 2.35. The fourth-order valence-corrected chi connectivity index (χ4v) is 3.89. The molecule has 0 saturated carbocycles. The summed E-state index contributed by atoms with van der Waals surface area (Å²) < 4.78 is 7.48. The molecule has 0 radical (unpaired) electrons. The molecule has 0 aromatic heterocycles. The zero-order chi connectivity index (χ0) is 16.7. The van der Waals surface area contributed by atoms with Crippen LogP contribution >= 0.6 is 22.6 Å². The van der Waals surface area contributed by atoms with Crippen LogP contribution in [0.4, 0.5) is 0 Å². The zero-order valence-corrected chi connectivity index (χ0v) is 15.8. The van der Waals surface area contributed by atoms with Crippen molar-refractivity contribution in [3.8, 4) is 23.3 Å². The van der Waals surface area contributed by atoms with Crippen molar-refractivity contribution in [3.63, 3.8) is 0 Å². The molecule has 2 aromatic rings. The molecular weight excluding hydrogens is 407 g/mol. The van der Waals surface area contributed by atoms with Gasteiger partial charge in [-0.15, -0.1) is 0 Å². The van der Waals surface area contributed by atoms with Gasteiger partial charge >= 0.3 is 0 Å². The number of hydrogen-bond acceptors (Lipinski definition) is 1. The second kappa shape index (κ2) is 5.82. The molecular formula is C22H17IO. The predicted octanol–water partition coefficient (Wildman–Crippen LogP) is 5.82. The second-order valence-electron chi connectivity index (χ2n) is 6.59. The summed E-state index contributed by atoms with van der Waals surface area (Å²) >= 11 is 2.34. The minimum absolute atomic E-state index is 0.102. The lowest BCUT2D eigenvalue weighted by Gasteiger charge is -2.35. The summed E-state index contributed by atoms with van der Waals surface area (Å²) in [6.07, 6.45) is 8.28. The molecule has 1 aliphatic carbocycles. The van der Waals surface area contributed by atoms with Gasteiger partial charge < -0.3 is 4.74 Å². The Morgan fingerprint density at radius 3 is 2.38 bits per heavy atom. The molecule has 1 heterocycles. The van der Waals surface area contributed by atoms with Crippen LogP contribution in [-0.4, -0.2) is 0 Å². The quantitative estimate of drug-likeness (QED) is 0.383. The Morgan fingerprint density at radius 2 is 1.62 bits per heavy atom. The van der Waals surface area contributed by atoms with E-state index in [0.717, 1.165) is 20.6 Å². The van der Waals surface area contributed by atoms with Gasteiger partial charge in [-0.2, -0.15) is 0 Å². The van der Waals surface area contributed by atoms with E-state index in [1.54, 1.807) is 0 Å². The molecule has 0 spiro atoms. The third-order valence-corrected chi connectivity index (χ3v) is 5.50. The van der Waals surface area contributed by atoms with Crippen LogP contribution in [0.2, 0.25) is 0 Å². The fourth-order valence-electron chi connectivity index (χ4n) is 3.28. The molecule has 24 heavy (non-hydrogen) atoms. The highest BCUT2D eigenvalue weighted by atomic mass is 127. The van der Waals surface area contributed by atoms with Gasteiger partial charge in [0.25, 0.3) is 0 Å². The topological polar surface area (TPSA) is 9.23 Å². The standard InChI is InChI=1S/C22H17IO/c1-22(2)17-10-5-9-16(14-13-15-7-3-4-8-15)20(17)24-21-18(22)11-6-12-19(21)23/h3-12,15H,1-2H3. The van der Waals surface area contributed by atoms with Crippen LogP contribution in [0.1, 0.15) is 30.5 Å². The van der Waals surface area contributed by atoms with Crippen molar-refractivity contribution in [1.82, 2.24) is 0 Å². The van der Waals surface area contributed by atoms with Gasteiger partial charge in [-0.1, -0.05) is 74.3 Å². The molecule has 0 atom stereocenters. The third kappa shape index (κ3) is 2.48. The summed E-state index contributed by atoms with van der Waals surface area (Å²) in [4.78, 5) is 0. The largest absolute Gasteiger partial charge is 0.454 e. The highest BCUT2D eigenvalue weighted by Crippen LogP contribution is 2.50. The first-order valence-electron chi connectivity index (χ1n) is 8.04. The van der Waals surface area contributed by atoms with Gasteiger partial charge in [0.05, 0.1) is 15.1 Å². The maximum atomic E-state index is 6.34. The molecule has 0 amide bonds. The SMILES string of the molecule is CC1(C)c2cccc(I)c2Oc2c(C#CC3C=CC=C3)cccc21. The van der Waals surface area contributed by atoms with Gasteiger partial charge in [-0.25, -0.2) is 0 Å². The molecule has 2 heteroatoms. The maximum absolute atomic E-state index is 6.34. The van der Waals surface area contributed by atoms with Crippen molar-refractivity contribution in [2.75, 3.05) is 0 Å². The van der Waals surface area contributed by atoms with E-state index >= 15 is 0 Å². The number of hydrogen-bond donors (Lipinski definition) is 0. The lowest BCUT2D eigenvalue weighted by Crippen LogP contribution is -2.25. The second-order valence-corrected chi connectivity index (χ2v) is 7.75. The van der Waals surface area contributed by atoms with Crippen molar-refractivity contribution in [2.45, 2.75) is 19.3 Å². The zero-order valence-electron chi connectivity index (χ0n) is 13.6. The van der Waals surface area contributed by atoms with E-state index in [1.807, 2.05) is 18.2 Å². The van der Waals surface area contributed by atoms with Crippen LogP contribution in [0.25, 0.3) is 0 Å². The molecule has 0 fully saturated rings. The van der Waals surface area contributed by atoms with Crippen LogP contribution in [0.3, 0.4) is 0 Å². The summed E-state index contributed by atoms with van der Waals surface area (Å²) in [7, 11) is 0. The molecule has 118 valence electrons. The molecule has 2 aromatic carbocycles. The molecule has 0 bridgehead atoms. The van der Waals surface area contributed by atoms with Gasteiger partial charge in [-0.3, -0.25) is 0 Å². The van der Waals surface area contributed by atoms with Crippen LogP contribution < -0.4 is 4.74 Å². The molecule has 0 unspecified atom stereocenters. The van der Waals surface area contributed by atoms with E-state index in [0.29, 0.717) is 0 Å². The third-order valence-electron chi connectivity index (χ3n) is 4.65. The first-order chi connectivity index (χ1) is 11.6. The first-order valence-corrected chi connectivity index (χ1v) is 9.12. The number of ether oxygens (including phenoxy) is 1. The minimum Gasteiger partial charge on any atom is -0.454 e. The fraction of sp³-hybridized carbons (Fsp3) is 0.182. The number of fused-ring (bicyclic) bond motifs is 2. The smallest absolute Gasteiger partial charge is 0.147 e. The lowest BCUT2D eigenvalue weighted by atomic mass is 9.75. The molecule has 4 rings (SSSR count). The van der Waals surface area contributed by atoms with Gasteiger partial charge in [0.1, 0.15) is 11.5 Å². The monoisotopic (exact) mass is 424 g/mol. The van der Waals surface area contributed by atoms with Crippen LogP contribution in [0, 0.1) is 21.3 Å². The first kappa shape index (κ1) is 15.5. The van der Waals surface area contributed by atoms with E-state index in [9.17, 15) is 0 Å². The Labute approximate surface area is 156 Å². The normalized spacial score (nSPS) is 16.8. The molecule has 2 aliphatic rings. The Kier molecular flexibility index (Phi) is 3.77. The van der Waals surface area contributed by atoms with E-state index < -0.39 is 0 Å². The van der Waals surface area contributed by atoms with E-state index in [4.69, 9.17) is 4.74 Å². The Balaban J connectivity index is 1.85. The van der Waals surface area contributed by atoms with Crippen molar-refractivity contribution >= 4 is 22.6 Å². The van der Waals surface area contributed by atoms with Crippen LogP contribution in [0.5, 0.6) is 11.5 Å². The van der Waals surface area contributed by atoms with Gasteiger partial charge in [0.2, 0.25) is 0 Å². The van der Waals surface area contributed by atoms with Crippen LogP contribution in [0.15, 0.2) is 60.7 Å². The average Bonchev–Trinajstić information content (AvgIpc) is 3.08. The lowest BCUT2D eigenvalue weighted by molar-refractivity contribution is 0.414. The molecule has 0 N–H and O–H groups in total. The minimum atomic E-state index is -0.102. The summed E-state index contributed by atoms with van der Waals surface area (Å²) in [5.74, 6) is 8.69. The number of halogens is 1. The summed E-state index contributed by atoms with van der Waals surface area (Å²) in [5.41, 5.74) is 3.28. The number of benzene rings is 2. The predicted molar refractivity (Wildman–Crippen MR) is 106 cm³/mol. The van der Waals surface area contributed by atoms with E-state index in [2.05, 4.69) is 90.8 Å². The van der Waals surface area contributed by atoms with Crippen molar-refractivity contribution < 1.29 is 4.74 Å². The highest BCUT2D eigenvalue weighted by molar-refractivity contribution is 14.1. The molecule has 0 saturated heterocycles. The summed E-state index contributed by atoms with van der Waals surface area (Å²) in [5, 5.41) is 0. The van der Waals surface area contributed by atoms with Gasteiger partial charge in [0, 0.05) is 16.5 Å². The Hall–Kier alpha value is -1.99. The Bertz CT molecular complexity index is 926. The number of allylic oxidation sites excluding steroid dienone is 4. The van der Waals surface area contributed by atoms with E-state index in [1.165, 1.54) is 11.1 Å². The number of rotatable bonds is 0. The molecule has 1 nitrogen and oxygen atoms in total. The summed E-state index contributed by atoms with van der Waals surface area (Å²) in [6, 6.07) is 12.6. The van der Waals surface area contributed by atoms with Crippen molar-refractivity contribution in [3.05, 3.63) is 81.0 Å². The molecule has 1 aliphatic heterocycles. The van der Waals surface area contributed by atoms with Crippen LogP contribution in [-0.2, 0) is 5.41 Å². The number of para-hydroxylation sites is 2. The van der Waals surface area contributed by atoms with E-state index in [-0.39, 0.29) is 11.3 Å².